The fraction of sp³-hybridized carbons (Fsp3) is 0.261. The van der Waals surface area contributed by atoms with Crippen LogP contribution in [0.3, 0.4) is 0 Å². The minimum Gasteiger partial charge on any atom is -0.356 e. The van der Waals surface area contributed by atoms with Crippen LogP contribution in [0.2, 0.25) is 5.02 Å². The highest BCUT2D eigenvalue weighted by Gasteiger charge is 2.26. The van der Waals surface area contributed by atoms with E-state index < -0.39 is 0 Å². The predicted molar refractivity (Wildman–Crippen MR) is 117 cm³/mol. The van der Waals surface area contributed by atoms with Crippen molar-refractivity contribution in [1.29, 1.82) is 0 Å². The van der Waals surface area contributed by atoms with Gasteiger partial charge in [-0.15, -0.1) is 0 Å². The molecule has 0 radical (unpaired) electrons. The van der Waals surface area contributed by atoms with Crippen molar-refractivity contribution in [3.63, 3.8) is 0 Å². The lowest BCUT2D eigenvalue weighted by Crippen LogP contribution is -2.38. The van der Waals surface area contributed by atoms with Gasteiger partial charge in [-0.3, -0.25) is 4.79 Å². The van der Waals surface area contributed by atoms with E-state index in [1.54, 1.807) is 12.3 Å². The third kappa shape index (κ3) is 4.57. The van der Waals surface area contributed by atoms with E-state index in [9.17, 15) is 4.79 Å². The molecule has 0 unspecified atom stereocenters. The van der Waals surface area contributed by atoms with E-state index in [2.05, 4.69) is 15.2 Å². The molecule has 5 nitrogen and oxygen atoms in total. The Balaban J connectivity index is 1.38. The van der Waals surface area contributed by atoms with Crippen LogP contribution in [0.15, 0.2) is 60.8 Å². The SMILES string of the molecule is Cc1ccc(NC(=O)C2CCN(c3ccnc(-c4ccccc4)n3)CC2)cc1Cl. The lowest BCUT2D eigenvalue weighted by Gasteiger charge is -2.32. The van der Waals surface area contributed by atoms with E-state index in [1.165, 1.54) is 0 Å². The molecule has 1 N–H and O–H groups in total. The van der Waals surface area contributed by atoms with Gasteiger partial charge < -0.3 is 10.2 Å². The van der Waals surface area contributed by atoms with Crippen LogP contribution < -0.4 is 10.2 Å². The van der Waals surface area contributed by atoms with Crippen LogP contribution in [0.25, 0.3) is 11.4 Å². The molecule has 1 aliphatic rings. The van der Waals surface area contributed by atoms with E-state index in [1.807, 2.05) is 55.5 Å². The van der Waals surface area contributed by atoms with Gasteiger partial charge in [0.2, 0.25) is 5.91 Å². The number of halogens is 1. The molecule has 0 atom stereocenters. The van der Waals surface area contributed by atoms with Crippen LogP contribution in [0, 0.1) is 12.8 Å². The molecule has 1 aliphatic heterocycles. The molecule has 1 fully saturated rings. The lowest BCUT2D eigenvalue weighted by molar-refractivity contribution is -0.120. The summed E-state index contributed by atoms with van der Waals surface area (Å²) in [7, 11) is 0. The average Bonchev–Trinajstić information content (AvgIpc) is 2.77. The second-order valence-corrected chi connectivity index (χ2v) is 7.73. The van der Waals surface area contributed by atoms with E-state index in [0.717, 1.165) is 54.4 Å². The molecule has 6 heteroatoms. The summed E-state index contributed by atoms with van der Waals surface area (Å²) in [6, 6.07) is 17.5. The third-order valence-electron chi connectivity index (χ3n) is 5.30. The van der Waals surface area contributed by atoms with Gasteiger partial charge in [0.05, 0.1) is 0 Å². The summed E-state index contributed by atoms with van der Waals surface area (Å²) in [4.78, 5) is 24.0. The van der Waals surface area contributed by atoms with Crippen molar-refractivity contribution in [2.45, 2.75) is 19.8 Å². The van der Waals surface area contributed by atoms with Gasteiger partial charge in [0.15, 0.2) is 5.82 Å². The van der Waals surface area contributed by atoms with Gasteiger partial charge in [-0.2, -0.15) is 0 Å². The molecule has 0 bridgehead atoms. The molecule has 2 heterocycles. The smallest absolute Gasteiger partial charge is 0.227 e. The maximum atomic E-state index is 12.6. The van der Waals surface area contributed by atoms with Gasteiger partial charge in [-0.1, -0.05) is 48.0 Å². The van der Waals surface area contributed by atoms with E-state index in [-0.39, 0.29) is 11.8 Å². The van der Waals surface area contributed by atoms with Crippen molar-refractivity contribution in [3.8, 4) is 11.4 Å². The zero-order chi connectivity index (χ0) is 20.2. The summed E-state index contributed by atoms with van der Waals surface area (Å²) in [6.07, 6.45) is 3.37. The van der Waals surface area contributed by atoms with Crippen molar-refractivity contribution in [1.82, 2.24) is 9.97 Å². The maximum absolute atomic E-state index is 12.6. The number of nitrogens with one attached hydrogen (secondary N) is 1. The van der Waals surface area contributed by atoms with Crippen molar-refractivity contribution in [2.75, 3.05) is 23.3 Å². The fourth-order valence-electron chi connectivity index (χ4n) is 3.54. The molecule has 2 aromatic carbocycles. The summed E-state index contributed by atoms with van der Waals surface area (Å²) in [6.45, 7) is 3.52. The predicted octanol–water partition coefficient (Wildman–Crippen LogP) is 4.96. The van der Waals surface area contributed by atoms with E-state index >= 15 is 0 Å². The van der Waals surface area contributed by atoms with Gasteiger partial charge in [-0.05, 0) is 43.5 Å². The number of carbonyl (C=O) groups is 1. The monoisotopic (exact) mass is 406 g/mol. The van der Waals surface area contributed by atoms with Crippen LogP contribution >= 0.6 is 11.6 Å². The highest BCUT2D eigenvalue weighted by atomic mass is 35.5. The van der Waals surface area contributed by atoms with Crippen molar-refractivity contribution >= 4 is 29.0 Å². The highest BCUT2D eigenvalue weighted by molar-refractivity contribution is 6.31. The van der Waals surface area contributed by atoms with Crippen LogP contribution in [0.4, 0.5) is 11.5 Å². The van der Waals surface area contributed by atoms with Gasteiger partial charge in [0, 0.05) is 41.5 Å². The fourth-order valence-corrected chi connectivity index (χ4v) is 3.72. The molecule has 1 amide bonds. The van der Waals surface area contributed by atoms with Gasteiger partial charge in [0.1, 0.15) is 5.82 Å². The molecular formula is C23H23ClN4O. The third-order valence-corrected chi connectivity index (χ3v) is 5.71. The Morgan fingerprint density at radius 3 is 2.59 bits per heavy atom. The molecule has 4 rings (SSSR count). The number of anilines is 2. The number of piperidine rings is 1. The summed E-state index contributed by atoms with van der Waals surface area (Å²) >= 11 is 6.16. The largest absolute Gasteiger partial charge is 0.356 e. The minimum atomic E-state index is -0.0123. The molecule has 29 heavy (non-hydrogen) atoms. The van der Waals surface area contributed by atoms with E-state index in [4.69, 9.17) is 16.6 Å². The van der Waals surface area contributed by atoms with Gasteiger partial charge >= 0.3 is 0 Å². The van der Waals surface area contributed by atoms with Gasteiger partial charge in [0.25, 0.3) is 0 Å². The summed E-state index contributed by atoms with van der Waals surface area (Å²) in [5.74, 6) is 1.67. The maximum Gasteiger partial charge on any atom is 0.227 e. The summed E-state index contributed by atoms with van der Waals surface area (Å²) < 4.78 is 0. The molecular weight excluding hydrogens is 384 g/mol. The Kier molecular flexibility index (Phi) is 5.76. The standard InChI is InChI=1S/C23H23ClN4O/c1-16-7-8-19(15-20(16)24)26-23(29)18-10-13-28(14-11-18)21-9-12-25-22(27-21)17-5-3-2-4-6-17/h2-9,12,15,18H,10-11,13-14H2,1H3,(H,26,29). The topological polar surface area (TPSA) is 58.1 Å². The first-order valence-electron chi connectivity index (χ1n) is 9.80. The van der Waals surface area contributed by atoms with Crippen molar-refractivity contribution in [2.24, 2.45) is 5.92 Å². The van der Waals surface area contributed by atoms with Crippen molar-refractivity contribution < 1.29 is 4.79 Å². The number of rotatable bonds is 4. The summed E-state index contributed by atoms with van der Waals surface area (Å²) in [5.41, 5.74) is 2.74. The Hall–Kier alpha value is -2.92. The number of amides is 1. The molecule has 0 saturated carbocycles. The first-order valence-corrected chi connectivity index (χ1v) is 10.2. The quantitative estimate of drug-likeness (QED) is 0.665. The molecule has 3 aromatic rings. The lowest BCUT2D eigenvalue weighted by atomic mass is 9.95. The normalized spacial score (nSPS) is 14.6. The van der Waals surface area contributed by atoms with Crippen LogP contribution in [0.5, 0.6) is 0 Å². The number of hydrogen-bond acceptors (Lipinski definition) is 4. The number of nitrogens with zero attached hydrogens (tertiary/aromatic N) is 3. The highest BCUT2D eigenvalue weighted by Crippen LogP contribution is 2.26. The Labute approximate surface area is 175 Å². The number of aryl methyl sites for hydroxylation is 1. The molecule has 1 aromatic heterocycles. The number of hydrogen-bond donors (Lipinski definition) is 1. The zero-order valence-electron chi connectivity index (χ0n) is 16.3. The second-order valence-electron chi connectivity index (χ2n) is 7.32. The van der Waals surface area contributed by atoms with Crippen molar-refractivity contribution in [3.05, 3.63) is 71.4 Å². The molecule has 1 saturated heterocycles. The molecule has 148 valence electrons. The average molecular weight is 407 g/mol. The molecule has 0 spiro atoms. The minimum absolute atomic E-state index is 0.0123. The Morgan fingerprint density at radius 2 is 1.86 bits per heavy atom. The van der Waals surface area contributed by atoms with Gasteiger partial charge in [-0.25, -0.2) is 9.97 Å². The Morgan fingerprint density at radius 1 is 1.10 bits per heavy atom. The van der Waals surface area contributed by atoms with Crippen LogP contribution in [-0.2, 0) is 4.79 Å². The first kappa shape index (κ1) is 19.4. The number of benzene rings is 2. The first-order chi connectivity index (χ1) is 14.1. The second kappa shape index (κ2) is 8.62. The van der Waals surface area contributed by atoms with E-state index in [0.29, 0.717) is 5.02 Å². The number of carbonyl (C=O) groups excluding carboxylic acids is 1. The molecule has 0 aliphatic carbocycles. The summed E-state index contributed by atoms with van der Waals surface area (Å²) in [5, 5.41) is 3.66. The Bertz CT molecular complexity index is 1000. The van der Waals surface area contributed by atoms with Crippen LogP contribution in [0.1, 0.15) is 18.4 Å². The van der Waals surface area contributed by atoms with Crippen LogP contribution in [-0.4, -0.2) is 29.0 Å². The number of aromatic nitrogens is 2. The zero-order valence-corrected chi connectivity index (χ0v) is 17.1.